The molecule has 33 heavy (non-hydrogen) atoms. The predicted molar refractivity (Wildman–Crippen MR) is 131 cm³/mol. The van der Waals surface area contributed by atoms with Gasteiger partial charge in [-0.15, -0.1) is 5.73 Å². The van der Waals surface area contributed by atoms with Gasteiger partial charge in [-0.2, -0.15) is 0 Å². The van der Waals surface area contributed by atoms with Crippen LogP contribution in [0, 0.1) is 13.8 Å². The number of sulfone groups is 1. The van der Waals surface area contributed by atoms with Crippen LogP contribution in [0.1, 0.15) is 48.9 Å². The van der Waals surface area contributed by atoms with Crippen molar-refractivity contribution in [2.75, 3.05) is 11.1 Å². The molecule has 2 bridgehead atoms. The number of anilines is 1. The molecule has 1 saturated heterocycles. The summed E-state index contributed by atoms with van der Waals surface area (Å²) in [4.78, 5) is 12.7. The topological polar surface area (TPSA) is 87.3 Å². The maximum Gasteiger partial charge on any atom is 0.319 e. The van der Waals surface area contributed by atoms with Gasteiger partial charge in [0.1, 0.15) is 0 Å². The number of nitrogens with one attached hydrogen (secondary N) is 3. The molecule has 6 nitrogen and oxygen atoms in total. The number of hydrogen-bond acceptors (Lipinski definition) is 4. The van der Waals surface area contributed by atoms with Crippen LogP contribution in [0.5, 0.6) is 0 Å². The van der Waals surface area contributed by atoms with E-state index in [1.54, 1.807) is 24.3 Å². The molecule has 3 N–H and O–H groups in total. The third kappa shape index (κ3) is 5.56. The van der Waals surface area contributed by atoms with Crippen LogP contribution in [0.2, 0.25) is 0 Å². The summed E-state index contributed by atoms with van der Waals surface area (Å²) >= 11 is 0. The fourth-order valence-electron chi connectivity index (χ4n) is 4.56. The summed E-state index contributed by atoms with van der Waals surface area (Å²) in [6.45, 7) is 6.03. The summed E-state index contributed by atoms with van der Waals surface area (Å²) in [5.74, 6) is -0.0327. The van der Waals surface area contributed by atoms with Crippen LogP contribution in [0.4, 0.5) is 10.5 Å². The quantitative estimate of drug-likeness (QED) is 0.546. The monoisotopic (exact) mass is 465 g/mol. The molecule has 3 unspecified atom stereocenters. The zero-order valence-electron chi connectivity index (χ0n) is 19.3. The Balaban J connectivity index is 1.38. The minimum absolute atomic E-state index is 0.0327. The lowest BCUT2D eigenvalue weighted by Crippen LogP contribution is -2.31. The molecule has 2 aromatic carbocycles. The van der Waals surface area contributed by atoms with E-state index >= 15 is 0 Å². The van der Waals surface area contributed by atoms with Crippen LogP contribution in [0.25, 0.3) is 0 Å². The summed E-state index contributed by atoms with van der Waals surface area (Å²) in [6, 6.07) is 12.5. The number of carbonyl (C=O) groups excluding carboxylic acids is 1. The first-order valence-corrected chi connectivity index (χ1v) is 13.0. The van der Waals surface area contributed by atoms with Gasteiger partial charge in [0.05, 0.1) is 16.7 Å². The summed E-state index contributed by atoms with van der Waals surface area (Å²) in [7, 11) is -3.48. The average molecular weight is 466 g/mol. The third-order valence-corrected chi connectivity index (χ3v) is 8.27. The zero-order chi connectivity index (χ0) is 23.6. The van der Waals surface area contributed by atoms with Crippen LogP contribution in [0.15, 0.2) is 64.7 Å². The second-order valence-electron chi connectivity index (χ2n) is 9.06. The van der Waals surface area contributed by atoms with Gasteiger partial charge < -0.3 is 16.0 Å². The first kappa shape index (κ1) is 23.3. The van der Waals surface area contributed by atoms with Gasteiger partial charge in [0, 0.05) is 17.8 Å². The van der Waals surface area contributed by atoms with Crippen LogP contribution < -0.4 is 16.0 Å². The maximum atomic E-state index is 12.9. The summed E-state index contributed by atoms with van der Waals surface area (Å²) < 4.78 is 25.8. The largest absolute Gasteiger partial charge is 0.331 e. The molecule has 0 aromatic heterocycles. The van der Waals surface area contributed by atoms with Gasteiger partial charge in [-0.05, 0) is 92.6 Å². The van der Waals surface area contributed by atoms with Crippen molar-refractivity contribution in [3.8, 4) is 0 Å². The Bertz CT molecular complexity index is 1210. The van der Waals surface area contributed by atoms with E-state index in [-0.39, 0.29) is 22.7 Å². The number of carbonyl (C=O) groups is 1. The molecule has 2 aromatic rings. The van der Waals surface area contributed by atoms with Gasteiger partial charge in [-0.3, -0.25) is 0 Å². The smallest absolute Gasteiger partial charge is 0.319 e. The number of urea groups is 1. The molecule has 2 aliphatic rings. The zero-order valence-corrected chi connectivity index (χ0v) is 20.1. The van der Waals surface area contributed by atoms with E-state index in [9.17, 15) is 13.2 Å². The van der Waals surface area contributed by atoms with Crippen molar-refractivity contribution in [1.29, 1.82) is 0 Å². The van der Waals surface area contributed by atoms with Crippen molar-refractivity contribution in [2.45, 2.75) is 63.1 Å². The maximum absolute atomic E-state index is 12.9. The van der Waals surface area contributed by atoms with Gasteiger partial charge >= 0.3 is 6.03 Å². The van der Waals surface area contributed by atoms with Crippen molar-refractivity contribution in [2.24, 2.45) is 0 Å². The molecule has 174 valence electrons. The first-order chi connectivity index (χ1) is 15.7. The van der Waals surface area contributed by atoms with Gasteiger partial charge in [0.25, 0.3) is 0 Å². The Morgan fingerprint density at radius 3 is 2.67 bits per heavy atom. The molecule has 0 aliphatic carbocycles. The summed E-state index contributed by atoms with van der Waals surface area (Å²) in [6.07, 6.45) is 4.83. The van der Waals surface area contributed by atoms with Crippen molar-refractivity contribution >= 4 is 21.6 Å². The van der Waals surface area contributed by atoms with Crippen LogP contribution in [-0.2, 0) is 9.84 Å². The average Bonchev–Trinajstić information content (AvgIpc) is 3.11. The molecule has 0 radical (unpaired) electrons. The molecule has 0 spiro atoms. The highest BCUT2D eigenvalue weighted by atomic mass is 32.2. The van der Waals surface area contributed by atoms with Crippen molar-refractivity contribution in [3.63, 3.8) is 0 Å². The summed E-state index contributed by atoms with van der Waals surface area (Å²) in [5, 5.41) is 9.21. The van der Waals surface area contributed by atoms with Crippen molar-refractivity contribution in [1.82, 2.24) is 10.6 Å². The van der Waals surface area contributed by atoms with E-state index in [0.717, 1.165) is 29.5 Å². The number of benzene rings is 2. The molecular weight excluding hydrogens is 434 g/mol. The van der Waals surface area contributed by atoms with Gasteiger partial charge in [-0.1, -0.05) is 18.2 Å². The highest BCUT2D eigenvalue weighted by molar-refractivity contribution is 7.91. The van der Waals surface area contributed by atoms with E-state index in [2.05, 4.69) is 21.7 Å². The van der Waals surface area contributed by atoms with Crippen molar-refractivity contribution < 1.29 is 13.2 Å². The second kappa shape index (κ2) is 9.56. The van der Waals surface area contributed by atoms with Crippen LogP contribution in [0.3, 0.4) is 0 Å². The fourth-order valence-corrected chi connectivity index (χ4v) is 5.94. The van der Waals surface area contributed by atoms with Gasteiger partial charge in [-0.25, -0.2) is 13.2 Å². The second-order valence-corrected chi connectivity index (χ2v) is 11.0. The number of rotatable bonds is 6. The molecule has 2 aliphatic heterocycles. The van der Waals surface area contributed by atoms with E-state index in [1.807, 2.05) is 45.0 Å². The SMILES string of the molecule is Cc1cccc(C(C)NC(=O)Nc2ccc(S(=O)(=O)CC3=C=CC4CCC(C3)N4)cc2)c1C. The third-order valence-electron chi connectivity index (χ3n) is 6.55. The van der Waals surface area contributed by atoms with E-state index in [0.29, 0.717) is 24.2 Å². The van der Waals surface area contributed by atoms with Crippen LogP contribution in [-0.4, -0.2) is 32.3 Å². The molecule has 2 amide bonds. The van der Waals surface area contributed by atoms with E-state index in [4.69, 9.17) is 0 Å². The number of amides is 2. The van der Waals surface area contributed by atoms with Gasteiger partial charge in [0.2, 0.25) is 0 Å². The highest BCUT2D eigenvalue weighted by Gasteiger charge is 2.27. The fraction of sp³-hybridized carbons (Fsp3) is 0.385. The Labute approximate surface area is 196 Å². The molecule has 3 atom stereocenters. The highest BCUT2D eigenvalue weighted by Crippen LogP contribution is 2.25. The molecule has 4 rings (SSSR count). The normalized spacial score (nSPS) is 20.6. The Hall–Kier alpha value is -2.86. The Morgan fingerprint density at radius 2 is 1.91 bits per heavy atom. The number of aryl methyl sites for hydroxylation is 1. The molecular formula is C26H31N3O3S. The Kier molecular flexibility index (Phi) is 6.75. The molecule has 2 heterocycles. The lowest BCUT2D eigenvalue weighted by Gasteiger charge is -2.18. The van der Waals surface area contributed by atoms with Gasteiger partial charge in [0.15, 0.2) is 9.84 Å². The van der Waals surface area contributed by atoms with E-state index in [1.165, 1.54) is 5.56 Å². The minimum Gasteiger partial charge on any atom is -0.331 e. The predicted octanol–water partition coefficient (Wildman–Crippen LogP) is 4.57. The Morgan fingerprint density at radius 1 is 1.15 bits per heavy atom. The van der Waals surface area contributed by atoms with Crippen molar-refractivity contribution in [3.05, 3.63) is 76.5 Å². The standard InChI is InChI=1S/C26H31N3O3S/c1-17-5-4-6-25(18(17)2)19(3)27-26(30)29-22-11-13-24(14-12-22)33(31,32)16-20-7-8-21-9-10-23(15-20)28-21/h4-6,8,11-14,19,21,23,28H,9-10,15-16H2,1-3H3,(H2,27,29,30). The summed E-state index contributed by atoms with van der Waals surface area (Å²) in [5.41, 5.74) is 7.95. The van der Waals surface area contributed by atoms with Crippen LogP contribution >= 0.6 is 0 Å². The molecule has 1 fully saturated rings. The lowest BCUT2D eigenvalue weighted by molar-refractivity contribution is 0.249. The lowest BCUT2D eigenvalue weighted by atomic mass is 9.98. The first-order valence-electron chi connectivity index (χ1n) is 11.4. The molecule has 7 heteroatoms. The minimum atomic E-state index is -3.48. The molecule has 0 saturated carbocycles. The number of fused-ring (bicyclic) bond motifs is 2. The van der Waals surface area contributed by atoms with E-state index < -0.39 is 9.84 Å². The number of hydrogen-bond donors (Lipinski definition) is 3.